The maximum absolute atomic E-state index is 13.9. The maximum Gasteiger partial charge on any atom is 0.191 e. The molecule has 0 spiro atoms. The Bertz CT molecular complexity index is 871. The van der Waals surface area contributed by atoms with Crippen LogP contribution in [0.15, 0.2) is 47.5 Å². The van der Waals surface area contributed by atoms with Gasteiger partial charge in [0, 0.05) is 33.2 Å². The molecule has 1 heterocycles. The fraction of sp³-hybridized carbons (Fsp3) is 0.480. The molecule has 1 aliphatic heterocycles. The Balaban J connectivity index is 0.00000363. The molecule has 1 saturated heterocycles. The van der Waals surface area contributed by atoms with E-state index in [9.17, 15) is 4.39 Å². The Hall–Kier alpha value is -1.71. The lowest BCUT2D eigenvalue weighted by Gasteiger charge is -2.20. The highest BCUT2D eigenvalue weighted by molar-refractivity contribution is 14.0. The zero-order chi connectivity index (χ0) is 22.2. The van der Waals surface area contributed by atoms with Gasteiger partial charge < -0.3 is 15.5 Å². The van der Waals surface area contributed by atoms with Crippen LogP contribution in [-0.4, -0.2) is 56.0 Å². The highest BCUT2D eigenvalue weighted by atomic mass is 127. The summed E-state index contributed by atoms with van der Waals surface area (Å²) in [5, 5.41) is 6.69. The Kier molecular flexibility index (Phi) is 10.9. The lowest BCUT2D eigenvalue weighted by molar-refractivity contribution is 0.269. The van der Waals surface area contributed by atoms with Crippen molar-refractivity contribution in [1.82, 2.24) is 20.4 Å². The predicted octanol–water partition coefficient (Wildman–Crippen LogP) is 4.32. The van der Waals surface area contributed by atoms with Crippen molar-refractivity contribution in [2.24, 2.45) is 4.99 Å². The molecule has 2 aromatic carbocycles. The molecule has 1 fully saturated rings. The van der Waals surface area contributed by atoms with Gasteiger partial charge in [0.15, 0.2) is 5.96 Å². The molecule has 1 aliphatic rings. The van der Waals surface area contributed by atoms with E-state index in [1.54, 1.807) is 20.0 Å². The van der Waals surface area contributed by atoms with Crippen molar-refractivity contribution >= 4 is 29.9 Å². The lowest BCUT2D eigenvalue weighted by atomic mass is 10.1. The quantitative estimate of drug-likeness (QED) is 0.318. The molecule has 7 heteroatoms. The molecule has 176 valence electrons. The van der Waals surface area contributed by atoms with Gasteiger partial charge in [-0.3, -0.25) is 9.89 Å². The van der Waals surface area contributed by atoms with E-state index in [-0.39, 0.29) is 35.8 Å². The highest BCUT2D eigenvalue weighted by Gasteiger charge is 2.13. The Morgan fingerprint density at radius 3 is 2.47 bits per heavy atom. The number of likely N-dealkylation sites (N-methyl/N-ethyl adjacent to an activating group) is 1. The average Bonchev–Trinajstić information content (AvgIpc) is 2.97. The minimum absolute atomic E-state index is 0. The summed E-state index contributed by atoms with van der Waals surface area (Å²) in [6.07, 6.45) is 1.23. The van der Waals surface area contributed by atoms with Gasteiger partial charge in [0.2, 0.25) is 0 Å². The lowest BCUT2D eigenvalue weighted by Crippen LogP contribution is -2.38. The first-order valence-electron chi connectivity index (χ1n) is 11.2. The van der Waals surface area contributed by atoms with Gasteiger partial charge in [-0.2, -0.15) is 0 Å². The van der Waals surface area contributed by atoms with E-state index in [1.807, 2.05) is 19.1 Å². The number of rotatable bonds is 6. The second-order valence-electron chi connectivity index (χ2n) is 8.55. The predicted molar refractivity (Wildman–Crippen MR) is 142 cm³/mol. The summed E-state index contributed by atoms with van der Waals surface area (Å²) in [5.41, 5.74) is 4.11. The van der Waals surface area contributed by atoms with Crippen molar-refractivity contribution in [3.8, 4) is 0 Å². The van der Waals surface area contributed by atoms with E-state index >= 15 is 0 Å². The van der Waals surface area contributed by atoms with Crippen LogP contribution in [0.3, 0.4) is 0 Å². The molecule has 1 atom stereocenters. The minimum atomic E-state index is -0.179. The van der Waals surface area contributed by atoms with Crippen molar-refractivity contribution in [1.29, 1.82) is 0 Å². The second kappa shape index (κ2) is 13.1. The van der Waals surface area contributed by atoms with Gasteiger partial charge in [-0.25, -0.2) is 4.39 Å². The van der Waals surface area contributed by atoms with Crippen LogP contribution in [0.5, 0.6) is 0 Å². The summed E-state index contributed by atoms with van der Waals surface area (Å²) < 4.78 is 13.9. The highest BCUT2D eigenvalue weighted by Crippen LogP contribution is 2.16. The molecule has 1 unspecified atom stereocenters. The number of hydrogen-bond acceptors (Lipinski definition) is 3. The van der Waals surface area contributed by atoms with Crippen molar-refractivity contribution in [2.45, 2.75) is 39.4 Å². The number of benzene rings is 2. The third-order valence-corrected chi connectivity index (χ3v) is 5.97. The van der Waals surface area contributed by atoms with Gasteiger partial charge in [0.1, 0.15) is 5.82 Å². The fourth-order valence-electron chi connectivity index (χ4n) is 3.83. The third-order valence-electron chi connectivity index (χ3n) is 5.97. The molecule has 3 rings (SSSR count). The zero-order valence-corrected chi connectivity index (χ0v) is 22.0. The summed E-state index contributed by atoms with van der Waals surface area (Å²) in [5.74, 6) is 0.521. The van der Waals surface area contributed by atoms with Crippen LogP contribution < -0.4 is 10.6 Å². The molecule has 0 radical (unpaired) electrons. The molecule has 0 bridgehead atoms. The normalized spacial score (nSPS) is 16.7. The first-order valence-corrected chi connectivity index (χ1v) is 11.2. The summed E-state index contributed by atoms with van der Waals surface area (Å²) >= 11 is 0. The maximum atomic E-state index is 13.9. The van der Waals surface area contributed by atoms with Gasteiger partial charge in [-0.05, 0) is 68.7 Å². The average molecular weight is 554 g/mol. The summed E-state index contributed by atoms with van der Waals surface area (Å²) in [7, 11) is 3.95. The fourth-order valence-corrected chi connectivity index (χ4v) is 3.83. The van der Waals surface area contributed by atoms with Crippen LogP contribution in [0, 0.1) is 12.7 Å². The molecule has 0 aliphatic carbocycles. The van der Waals surface area contributed by atoms with Crippen molar-refractivity contribution in [3.63, 3.8) is 0 Å². The van der Waals surface area contributed by atoms with Crippen molar-refractivity contribution in [3.05, 3.63) is 70.5 Å². The van der Waals surface area contributed by atoms with Gasteiger partial charge in [-0.1, -0.05) is 36.4 Å². The molecule has 2 N–H and O–H groups in total. The number of nitrogens with zero attached hydrogens (tertiary/aromatic N) is 3. The van der Waals surface area contributed by atoms with Crippen molar-refractivity contribution < 1.29 is 4.39 Å². The number of aliphatic imine (C=N–C) groups is 1. The molecule has 0 amide bonds. The number of guanidine groups is 1. The number of nitrogens with one attached hydrogen (secondary N) is 2. The minimum Gasteiger partial charge on any atom is -0.352 e. The van der Waals surface area contributed by atoms with Gasteiger partial charge in [-0.15, -0.1) is 24.0 Å². The van der Waals surface area contributed by atoms with E-state index < -0.39 is 0 Å². The summed E-state index contributed by atoms with van der Waals surface area (Å²) in [6.45, 7) is 10.1. The Labute approximate surface area is 209 Å². The second-order valence-corrected chi connectivity index (χ2v) is 8.55. The van der Waals surface area contributed by atoms with Gasteiger partial charge >= 0.3 is 0 Å². The molecular weight excluding hydrogens is 516 g/mol. The summed E-state index contributed by atoms with van der Waals surface area (Å²) in [4.78, 5) is 9.26. The first-order chi connectivity index (χ1) is 14.9. The van der Waals surface area contributed by atoms with Gasteiger partial charge in [0.25, 0.3) is 0 Å². The topological polar surface area (TPSA) is 42.9 Å². The van der Waals surface area contributed by atoms with E-state index in [2.05, 4.69) is 56.7 Å². The molecule has 0 saturated carbocycles. The number of aryl methyl sites for hydroxylation is 1. The summed E-state index contributed by atoms with van der Waals surface area (Å²) in [6, 6.07) is 14.1. The number of hydrogen-bond donors (Lipinski definition) is 2. The third kappa shape index (κ3) is 8.01. The van der Waals surface area contributed by atoms with Crippen LogP contribution in [-0.2, 0) is 13.1 Å². The first kappa shape index (κ1) is 26.5. The van der Waals surface area contributed by atoms with E-state index in [0.717, 1.165) is 25.2 Å². The monoisotopic (exact) mass is 553 g/mol. The van der Waals surface area contributed by atoms with Crippen LogP contribution in [0.1, 0.15) is 41.6 Å². The van der Waals surface area contributed by atoms with E-state index in [0.29, 0.717) is 18.1 Å². The molecule has 2 aromatic rings. The molecule has 32 heavy (non-hydrogen) atoms. The van der Waals surface area contributed by atoms with Crippen LogP contribution in [0.2, 0.25) is 0 Å². The SMILES string of the molecule is CN=C(NCc1ccc(CN2CCCN(C)CC2)cc1)NC(C)c1ccc(C)c(F)c1.I. The van der Waals surface area contributed by atoms with E-state index in [1.165, 1.54) is 30.6 Å². The van der Waals surface area contributed by atoms with Crippen LogP contribution in [0.25, 0.3) is 0 Å². The largest absolute Gasteiger partial charge is 0.352 e. The molecular formula is C25H37FIN5. The van der Waals surface area contributed by atoms with Crippen LogP contribution in [0.4, 0.5) is 4.39 Å². The molecule has 0 aromatic heterocycles. The molecule has 5 nitrogen and oxygen atoms in total. The standard InChI is InChI=1S/C25H36FN5.HI/c1-19-6-11-23(16-24(19)26)20(2)29-25(27-3)28-17-21-7-9-22(10-8-21)18-31-13-5-12-30(4)14-15-31;/h6-11,16,20H,5,12-15,17-18H2,1-4H3,(H2,27,28,29);1H. The smallest absolute Gasteiger partial charge is 0.191 e. The van der Waals surface area contributed by atoms with E-state index in [4.69, 9.17) is 0 Å². The Morgan fingerprint density at radius 2 is 1.78 bits per heavy atom. The zero-order valence-electron chi connectivity index (χ0n) is 19.7. The van der Waals surface area contributed by atoms with Crippen LogP contribution >= 0.6 is 24.0 Å². The Morgan fingerprint density at radius 1 is 1.06 bits per heavy atom. The van der Waals surface area contributed by atoms with Gasteiger partial charge in [0.05, 0.1) is 6.04 Å². The number of halogens is 2. The van der Waals surface area contributed by atoms with Crippen molar-refractivity contribution in [2.75, 3.05) is 40.3 Å².